The average molecular weight is 508 g/mol. The van der Waals surface area contributed by atoms with Gasteiger partial charge in [-0.3, -0.25) is 9.59 Å². The fraction of sp³-hybridized carbons (Fsp3) is 0.357. The van der Waals surface area contributed by atoms with Crippen LogP contribution >= 0.6 is 0 Å². The Kier molecular flexibility index (Phi) is 8.38. The van der Waals surface area contributed by atoms with Crippen molar-refractivity contribution >= 4 is 38.3 Å². The Labute approximate surface area is 212 Å². The number of hydrogen-bond acceptors (Lipinski definition) is 4. The van der Waals surface area contributed by atoms with Crippen LogP contribution in [-0.4, -0.2) is 44.2 Å². The molecule has 3 aromatic rings. The highest BCUT2D eigenvalue weighted by Gasteiger charge is 2.30. The van der Waals surface area contributed by atoms with Gasteiger partial charge >= 0.3 is 11.8 Å². The first kappa shape index (κ1) is 25.9. The van der Waals surface area contributed by atoms with Crippen molar-refractivity contribution in [3.63, 3.8) is 0 Å². The number of fused-ring (bicyclic) bond motifs is 1. The van der Waals surface area contributed by atoms with Crippen LogP contribution in [0.15, 0.2) is 71.6 Å². The molecule has 36 heavy (non-hydrogen) atoms. The Balaban J connectivity index is 1.21. The highest BCUT2D eigenvalue weighted by atomic mass is 32.2. The van der Waals surface area contributed by atoms with Crippen molar-refractivity contribution in [2.24, 2.45) is 5.92 Å². The molecule has 0 aromatic heterocycles. The van der Waals surface area contributed by atoms with Gasteiger partial charge in [0.15, 0.2) is 0 Å². The summed E-state index contributed by atoms with van der Waals surface area (Å²) in [6, 6.07) is 20.3. The van der Waals surface area contributed by atoms with E-state index in [9.17, 15) is 18.0 Å². The standard InChI is InChI=1S/C28H33N3O4S/c1-21-11-14-25(15-12-21)30-28(33)27(32)29-17-5-4-7-22-8-6-18-31(20-22)36(34,35)26-16-13-23-9-2-3-10-24(23)19-26/h2-3,9-16,19,22H,4-8,17-18,20H2,1H3,(H,29,32)(H,30,33). The van der Waals surface area contributed by atoms with Gasteiger partial charge in [0, 0.05) is 25.3 Å². The largest absolute Gasteiger partial charge is 0.348 e. The molecule has 7 nitrogen and oxygen atoms in total. The highest BCUT2D eigenvalue weighted by Crippen LogP contribution is 2.28. The maximum absolute atomic E-state index is 13.3. The fourth-order valence-corrected chi connectivity index (χ4v) is 6.21. The molecule has 2 amide bonds. The second-order valence-corrected chi connectivity index (χ2v) is 11.4. The third kappa shape index (κ3) is 6.50. The number of nitrogens with one attached hydrogen (secondary N) is 2. The summed E-state index contributed by atoms with van der Waals surface area (Å²) in [6.45, 7) is 3.41. The van der Waals surface area contributed by atoms with E-state index in [1.165, 1.54) is 0 Å². The first-order valence-corrected chi connectivity index (χ1v) is 13.9. The summed E-state index contributed by atoms with van der Waals surface area (Å²) >= 11 is 0. The topological polar surface area (TPSA) is 95.6 Å². The summed E-state index contributed by atoms with van der Waals surface area (Å²) in [5, 5.41) is 7.19. The van der Waals surface area contributed by atoms with Gasteiger partial charge in [0.1, 0.15) is 0 Å². The van der Waals surface area contributed by atoms with E-state index in [2.05, 4.69) is 10.6 Å². The van der Waals surface area contributed by atoms with Gasteiger partial charge in [-0.25, -0.2) is 8.42 Å². The van der Waals surface area contributed by atoms with Gasteiger partial charge < -0.3 is 10.6 Å². The van der Waals surface area contributed by atoms with Crippen molar-refractivity contribution in [1.29, 1.82) is 0 Å². The van der Waals surface area contributed by atoms with E-state index >= 15 is 0 Å². The summed E-state index contributed by atoms with van der Waals surface area (Å²) in [5.41, 5.74) is 1.66. The van der Waals surface area contributed by atoms with Gasteiger partial charge in [-0.05, 0) is 73.6 Å². The SMILES string of the molecule is Cc1ccc(NC(=O)C(=O)NCCCCC2CCCN(S(=O)(=O)c3ccc4ccccc4c3)C2)cc1. The molecule has 190 valence electrons. The van der Waals surface area contributed by atoms with Crippen LogP contribution in [0.3, 0.4) is 0 Å². The van der Waals surface area contributed by atoms with E-state index in [4.69, 9.17) is 0 Å². The van der Waals surface area contributed by atoms with Crippen molar-refractivity contribution in [1.82, 2.24) is 9.62 Å². The number of hydrogen-bond donors (Lipinski definition) is 2. The molecule has 1 aliphatic heterocycles. The number of sulfonamides is 1. The normalized spacial score (nSPS) is 16.5. The predicted octanol–water partition coefficient (Wildman–Crippen LogP) is 4.47. The molecule has 0 bridgehead atoms. The Morgan fingerprint density at radius 1 is 0.944 bits per heavy atom. The number of carbonyl (C=O) groups excluding carboxylic acids is 2. The lowest BCUT2D eigenvalue weighted by atomic mass is 9.94. The first-order chi connectivity index (χ1) is 17.3. The molecule has 1 fully saturated rings. The number of nitrogens with zero attached hydrogens (tertiary/aromatic N) is 1. The van der Waals surface area contributed by atoms with Crippen LogP contribution in [0.1, 0.15) is 37.7 Å². The molecule has 2 N–H and O–H groups in total. The molecule has 1 unspecified atom stereocenters. The number of carbonyl (C=O) groups is 2. The van der Waals surface area contributed by atoms with E-state index in [-0.39, 0.29) is 5.92 Å². The summed E-state index contributed by atoms with van der Waals surface area (Å²) in [6.07, 6.45) is 4.31. The van der Waals surface area contributed by atoms with Crippen molar-refractivity contribution < 1.29 is 18.0 Å². The van der Waals surface area contributed by atoms with Gasteiger partial charge in [-0.2, -0.15) is 4.31 Å². The number of amides is 2. The van der Waals surface area contributed by atoms with Crippen LogP contribution in [0.2, 0.25) is 0 Å². The number of rotatable bonds is 8. The van der Waals surface area contributed by atoms with Gasteiger partial charge in [0.2, 0.25) is 10.0 Å². The van der Waals surface area contributed by atoms with E-state index in [0.29, 0.717) is 30.2 Å². The minimum atomic E-state index is -3.54. The van der Waals surface area contributed by atoms with E-state index in [1.54, 1.807) is 28.6 Å². The maximum atomic E-state index is 13.3. The third-order valence-corrected chi connectivity index (χ3v) is 8.54. The average Bonchev–Trinajstić information content (AvgIpc) is 2.89. The minimum absolute atomic E-state index is 0.287. The van der Waals surface area contributed by atoms with Gasteiger partial charge in [0.25, 0.3) is 0 Å². The quantitative estimate of drug-likeness (QED) is 0.347. The smallest absolute Gasteiger partial charge is 0.313 e. The highest BCUT2D eigenvalue weighted by molar-refractivity contribution is 7.89. The van der Waals surface area contributed by atoms with Crippen molar-refractivity contribution in [2.75, 3.05) is 25.0 Å². The number of anilines is 1. The number of benzene rings is 3. The van der Waals surface area contributed by atoms with Crippen LogP contribution in [0.4, 0.5) is 5.69 Å². The summed E-state index contributed by atoms with van der Waals surface area (Å²) in [7, 11) is -3.54. The molecular weight excluding hydrogens is 474 g/mol. The molecular formula is C28H33N3O4S. The lowest BCUT2D eigenvalue weighted by Gasteiger charge is -2.32. The van der Waals surface area contributed by atoms with E-state index in [1.807, 2.05) is 49.4 Å². The molecule has 1 atom stereocenters. The summed E-state index contributed by atoms with van der Waals surface area (Å²) < 4.78 is 28.2. The fourth-order valence-electron chi connectivity index (χ4n) is 4.62. The zero-order valence-corrected chi connectivity index (χ0v) is 21.4. The van der Waals surface area contributed by atoms with Crippen molar-refractivity contribution in [3.8, 4) is 0 Å². The molecule has 0 saturated carbocycles. The van der Waals surface area contributed by atoms with Crippen LogP contribution in [-0.2, 0) is 19.6 Å². The third-order valence-electron chi connectivity index (χ3n) is 6.68. The second kappa shape index (κ2) is 11.7. The molecule has 0 radical (unpaired) electrons. The first-order valence-electron chi connectivity index (χ1n) is 12.5. The molecule has 3 aromatic carbocycles. The lowest BCUT2D eigenvalue weighted by Crippen LogP contribution is -2.40. The van der Waals surface area contributed by atoms with Gasteiger partial charge in [-0.1, -0.05) is 54.4 Å². The molecule has 1 saturated heterocycles. The molecule has 0 spiro atoms. The lowest BCUT2D eigenvalue weighted by molar-refractivity contribution is -0.136. The number of unbranched alkanes of at least 4 members (excludes halogenated alkanes) is 1. The minimum Gasteiger partial charge on any atom is -0.348 e. The van der Waals surface area contributed by atoms with E-state index < -0.39 is 21.8 Å². The van der Waals surface area contributed by atoms with Crippen molar-refractivity contribution in [2.45, 2.75) is 43.9 Å². The Hall–Kier alpha value is -3.23. The van der Waals surface area contributed by atoms with E-state index in [0.717, 1.165) is 48.4 Å². The zero-order chi connectivity index (χ0) is 25.5. The molecule has 1 aliphatic rings. The second-order valence-electron chi connectivity index (χ2n) is 9.45. The summed E-state index contributed by atoms with van der Waals surface area (Å²) in [4.78, 5) is 24.4. The molecule has 1 heterocycles. The Morgan fingerprint density at radius 2 is 1.69 bits per heavy atom. The maximum Gasteiger partial charge on any atom is 0.313 e. The molecule has 4 rings (SSSR count). The van der Waals surface area contributed by atoms with Crippen LogP contribution in [0.5, 0.6) is 0 Å². The van der Waals surface area contributed by atoms with Crippen LogP contribution in [0.25, 0.3) is 10.8 Å². The van der Waals surface area contributed by atoms with Crippen molar-refractivity contribution in [3.05, 3.63) is 72.3 Å². The monoisotopic (exact) mass is 507 g/mol. The van der Waals surface area contributed by atoms with Gasteiger partial charge in [-0.15, -0.1) is 0 Å². The number of piperidine rings is 1. The zero-order valence-electron chi connectivity index (χ0n) is 20.6. The molecule has 8 heteroatoms. The predicted molar refractivity (Wildman–Crippen MR) is 142 cm³/mol. The Bertz CT molecular complexity index is 1320. The Morgan fingerprint density at radius 3 is 2.47 bits per heavy atom. The van der Waals surface area contributed by atoms with Crippen LogP contribution < -0.4 is 10.6 Å². The van der Waals surface area contributed by atoms with Gasteiger partial charge in [0.05, 0.1) is 4.90 Å². The molecule has 0 aliphatic carbocycles. The summed E-state index contributed by atoms with van der Waals surface area (Å²) in [5.74, 6) is -1.05. The van der Waals surface area contributed by atoms with Crippen LogP contribution in [0, 0.1) is 12.8 Å². The number of aryl methyl sites for hydroxylation is 1.